The lowest BCUT2D eigenvalue weighted by atomic mass is 10.1. The zero-order chi connectivity index (χ0) is 17.1. The van der Waals surface area contributed by atoms with Crippen molar-refractivity contribution in [2.24, 2.45) is 0 Å². The van der Waals surface area contributed by atoms with E-state index < -0.39 is 11.9 Å². The van der Waals surface area contributed by atoms with Gasteiger partial charge in [-0.15, -0.1) is 0 Å². The molecule has 1 saturated carbocycles. The highest BCUT2D eigenvalue weighted by atomic mass is 19.1. The maximum atomic E-state index is 13.3. The van der Waals surface area contributed by atoms with Crippen molar-refractivity contribution >= 4 is 5.91 Å². The van der Waals surface area contributed by atoms with Gasteiger partial charge in [-0.3, -0.25) is 4.79 Å². The standard InChI is InChI=1S/C19H20FNO3/c1-21(19(23)13-6-5-7-14(20)12-13)16-10-11-17(18(16)22)24-15-8-3-2-4-9-15/h2-9,12,16-18,22H,10-11H2,1H3/t16-,17+,18+/m1/s1. The molecule has 3 rings (SSSR count). The van der Waals surface area contributed by atoms with Gasteiger partial charge in [0.15, 0.2) is 0 Å². The monoisotopic (exact) mass is 329 g/mol. The molecule has 5 heteroatoms. The smallest absolute Gasteiger partial charge is 0.254 e. The first-order valence-corrected chi connectivity index (χ1v) is 7.99. The quantitative estimate of drug-likeness (QED) is 0.938. The highest BCUT2D eigenvalue weighted by Crippen LogP contribution is 2.28. The van der Waals surface area contributed by atoms with E-state index in [1.807, 2.05) is 30.3 Å². The largest absolute Gasteiger partial charge is 0.488 e. The summed E-state index contributed by atoms with van der Waals surface area (Å²) in [6.07, 6.45) is 0.144. The van der Waals surface area contributed by atoms with Crippen LogP contribution >= 0.6 is 0 Å². The summed E-state index contributed by atoms with van der Waals surface area (Å²) < 4.78 is 19.1. The Hall–Kier alpha value is -2.40. The molecule has 0 aliphatic heterocycles. The molecule has 0 unspecified atom stereocenters. The van der Waals surface area contributed by atoms with Crippen LogP contribution in [0, 0.1) is 5.82 Å². The number of benzene rings is 2. The fourth-order valence-electron chi connectivity index (χ4n) is 3.13. The van der Waals surface area contributed by atoms with Crippen LogP contribution in [0.2, 0.25) is 0 Å². The van der Waals surface area contributed by atoms with Crippen molar-refractivity contribution in [1.29, 1.82) is 0 Å². The maximum Gasteiger partial charge on any atom is 0.254 e. The first-order chi connectivity index (χ1) is 11.6. The van der Waals surface area contributed by atoms with Crippen LogP contribution in [0.4, 0.5) is 4.39 Å². The van der Waals surface area contributed by atoms with Crippen molar-refractivity contribution in [3.63, 3.8) is 0 Å². The lowest BCUT2D eigenvalue weighted by Gasteiger charge is -2.29. The van der Waals surface area contributed by atoms with Crippen molar-refractivity contribution in [3.05, 3.63) is 66.0 Å². The normalized spacial score (nSPS) is 23.0. The number of rotatable bonds is 4. The number of carbonyl (C=O) groups excluding carboxylic acids is 1. The first kappa shape index (κ1) is 16.5. The highest BCUT2D eigenvalue weighted by molar-refractivity contribution is 5.94. The SMILES string of the molecule is CN(C(=O)c1cccc(F)c1)[C@@H]1CC[C@H](Oc2ccccc2)[C@H]1O. The molecule has 2 aromatic carbocycles. The Balaban J connectivity index is 1.68. The summed E-state index contributed by atoms with van der Waals surface area (Å²) >= 11 is 0. The van der Waals surface area contributed by atoms with Gasteiger partial charge in [0.05, 0.1) is 6.04 Å². The summed E-state index contributed by atoms with van der Waals surface area (Å²) in [4.78, 5) is 14.0. The summed E-state index contributed by atoms with van der Waals surface area (Å²) in [6.45, 7) is 0. The molecule has 1 aliphatic rings. The Labute approximate surface area is 140 Å². The van der Waals surface area contributed by atoms with Crippen molar-refractivity contribution in [2.45, 2.75) is 31.1 Å². The van der Waals surface area contributed by atoms with Crippen molar-refractivity contribution < 1.29 is 19.0 Å². The molecule has 0 bridgehead atoms. The van der Waals surface area contributed by atoms with Crippen molar-refractivity contribution in [2.75, 3.05) is 7.05 Å². The number of hydrogen-bond donors (Lipinski definition) is 1. The summed E-state index contributed by atoms with van der Waals surface area (Å²) in [5, 5.41) is 10.5. The van der Waals surface area contributed by atoms with Crippen LogP contribution in [-0.4, -0.2) is 41.2 Å². The third kappa shape index (κ3) is 3.41. The molecule has 126 valence electrons. The lowest BCUT2D eigenvalue weighted by molar-refractivity contribution is 0.0166. The molecule has 0 spiro atoms. The molecule has 1 fully saturated rings. The fraction of sp³-hybridized carbons (Fsp3) is 0.316. The van der Waals surface area contributed by atoms with Crippen LogP contribution in [0.5, 0.6) is 5.75 Å². The van der Waals surface area contributed by atoms with Gasteiger partial charge >= 0.3 is 0 Å². The number of nitrogens with zero attached hydrogens (tertiary/aromatic N) is 1. The Bertz CT molecular complexity index is 707. The van der Waals surface area contributed by atoms with Crippen LogP contribution in [0.25, 0.3) is 0 Å². The molecule has 0 heterocycles. The molecule has 1 aliphatic carbocycles. The lowest BCUT2D eigenvalue weighted by Crippen LogP contribution is -2.45. The summed E-state index contributed by atoms with van der Waals surface area (Å²) in [6, 6.07) is 14.5. The van der Waals surface area contributed by atoms with Gasteiger partial charge in [0.25, 0.3) is 5.91 Å². The van der Waals surface area contributed by atoms with E-state index in [9.17, 15) is 14.3 Å². The van der Waals surface area contributed by atoms with E-state index in [1.165, 1.54) is 23.1 Å². The number of aliphatic hydroxyl groups excluding tert-OH is 1. The van der Waals surface area contributed by atoms with Crippen LogP contribution in [-0.2, 0) is 0 Å². The van der Waals surface area contributed by atoms with Gasteiger partial charge in [-0.1, -0.05) is 24.3 Å². The zero-order valence-corrected chi connectivity index (χ0v) is 13.4. The number of amides is 1. The fourth-order valence-corrected chi connectivity index (χ4v) is 3.13. The number of carbonyl (C=O) groups is 1. The number of ether oxygens (including phenoxy) is 1. The van der Waals surface area contributed by atoms with E-state index in [0.717, 1.165) is 0 Å². The van der Waals surface area contributed by atoms with E-state index in [0.29, 0.717) is 18.6 Å². The molecule has 0 aromatic heterocycles. The minimum atomic E-state index is -0.785. The number of para-hydroxylation sites is 1. The Kier molecular flexibility index (Phi) is 4.81. The van der Waals surface area contributed by atoms with E-state index in [2.05, 4.69) is 0 Å². The zero-order valence-electron chi connectivity index (χ0n) is 13.4. The van der Waals surface area contributed by atoms with Crippen LogP contribution in [0.15, 0.2) is 54.6 Å². The van der Waals surface area contributed by atoms with E-state index >= 15 is 0 Å². The van der Waals surface area contributed by atoms with Gasteiger partial charge in [0.2, 0.25) is 0 Å². The Morgan fingerprint density at radius 3 is 2.62 bits per heavy atom. The predicted octanol–water partition coefficient (Wildman–Crippen LogP) is 2.87. The van der Waals surface area contributed by atoms with Gasteiger partial charge in [0, 0.05) is 12.6 Å². The van der Waals surface area contributed by atoms with E-state index in [-0.39, 0.29) is 23.6 Å². The summed E-state index contributed by atoms with van der Waals surface area (Å²) in [5.41, 5.74) is 0.275. The van der Waals surface area contributed by atoms with Gasteiger partial charge in [-0.25, -0.2) is 4.39 Å². The second-order valence-corrected chi connectivity index (χ2v) is 6.03. The molecule has 4 nitrogen and oxygen atoms in total. The molecule has 0 saturated heterocycles. The maximum absolute atomic E-state index is 13.3. The molecule has 2 aromatic rings. The molecule has 24 heavy (non-hydrogen) atoms. The van der Waals surface area contributed by atoms with E-state index in [4.69, 9.17) is 4.74 Å². The van der Waals surface area contributed by atoms with Crippen LogP contribution in [0.3, 0.4) is 0 Å². The number of halogens is 1. The third-order valence-electron chi connectivity index (χ3n) is 4.44. The molecule has 0 radical (unpaired) electrons. The van der Waals surface area contributed by atoms with E-state index in [1.54, 1.807) is 13.1 Å². The topological polar surface area (TPSA) is 49.8 Å². The molecule has 1 N–H and O–H groups in total. The first-order valence-electron chi connectivity index (χ1n) is 7.99. The van der Waals surface area contributed by atoms with Crippen molar-refractivity contribution in [3.8, 4) is 5.75 Å². The minimum absolute atomic E-state index is 0.275. The Morgan fingerprint density at radius 2 is 1.92 bits per heavy atom. The van der Waals surface area contributed by atoms with Crippen LogP contribution in [0.1, 0.15) is 23.2 Å². The van der Waals surface area contributed by atoms with Gasteiger partial charge in [-0.2, -0.15) is 0 Å². The van der Waals surface area contributed by atoms with Crippen molar-refractivity contribution in [1.82, 2.24) is 4.90 Å². The summed E-state index contributed by atoms with van der Waals surface area (Å²) in [7, 11) is 1.63. The Morgan fingerprint density at radius 1 is 1.17 bits per heavy atom. The molecule has 3 atom stereocenters. The molecular weight excluding hydrogens is 309 g/mol. The number of likely N-dealkylation sites (N-methyl/N-ethyl adjacent to an activating group) is 1. The second kappa shape index (κ2) is 7.01. The number of hydrogen-bond acceptors (Lipinski definition) is 3. The van der Waals surface area contributed by atoms with Crippen LogP contribution < -0.4 is 4.74 Å². The van der Waals surface area contributed by atoms with Gasteiger partial charge in [-0.05, 0) is 43.2 Å². The highest BCUT2D eigenvalue weighted by Gasteiger charge is 2.40. The predicted molar refractivity (Wildman–Crippen MR) is 88.4 cm³/mol. The van der Waals surface area contributed by atoms with Gasteiger partial charge in [0.1, 0.15) is 23.8 Å². The minimum Gasteiger partial charge on any atom is -0.488 e. The molecular formula is C19H20FNO3. The third-order valence-corrected chi connectivity index (χ3v) is 4.44. The average molecular weight is 329 g/mol. The summed E-state index contributed by atoms with van der Waals surface area (Å²) in [5.74, 6) is -0.0632. The average Bonchev–Trinajstić information content (AvgIpc) is 2.95. The number of aliphatic hydroxyl groups is 1. The second-order valence-electron chi connectivity index (χ2n) is 6.03. The van der Waals surface area contributed by atoms with Gasteiger partial charge < -0.3 is 14.7 Å². The molecule has 1 amide bonds.